The molecule has 0 saturated heterocycles. The number of carbonyl (C=O) groups excluding carboxylic acids is 3. The van der Waals surface area contributed by atoms with Crippen LogP contribution in [0.25, 0.3) is 0 Å². The van der Waals surface area contributed by atoms with Crippen molar-refractivity contribution in [1.82, 2.24) is 15.5 Å². The smallest absolute Gasteiger partial charge is 0.408 e. The normalized spacial score (nSPS) is 17.0. The minimum atomic E-state index is -0.788. The lowest BCUT2D eigenvalue weighted by Gasteiger charge is -2.36. The summed E-state index contributed by atoms with van der Waals surface area (Å²) in [4.78, 5) is 42.1. The van der Waals surface area contributed by atoms with E-state index in [0.717, 1.165) is 36.8 Å². The molecule has 0 heterocycles. The van der Waals surface area contributed by atoms with Crippen molar-refractivity contribution >= 4 is 17.9 Å². The van der Waals surface area contributed by atoms with Crippen LogP contribution in [0.3, 0.4) is 0 Å². The molecule has 1 fully saturated rings. The van der Waals surface area contributed by atoms with Gasteiger partial charge in [0.05, 0.1) is 0 Å². The molecule has 1 aromatic carbocycles. The van der Waals surface area contributed by atoms with E-state index in [1.54, 1.807) is 25.7 Å². The highest BCUT2D eigenvalue weighted by Crippen LogP contribution is 2.36. The Kier molecular flexibility index (Phi) is 10.2. The first kappa shape index (κ1) is 28.7. The third-order valence-corrected chi connectivity index (χ3v) is 6.38. The second kappa shape index (κ2) is 12.4. The molecule has 1 saturated carbocycles. The number of hydrogen-bond donors (Lipinski definition) is 2. The van der Waals surface area contributed by atoms with Gasteiger partial charge in [-0.1, -0.05) is 63.4 Å². The maximum absolute atomic E-state index is 14.1. The van der Waals surface area contributed by atoms with E-state index in [-0.39, 0.29) is 29.8 Å². The maximum atomic E-state index is 14.1. The number of ether oxygens (including phenoxy) is 1. The third kappa shape index (κ3) is 8.55. The lowest BCUT2D eigenvalue weighted by molar-refractivity contribution is -0.144. The van der Waals surface area contributed by atoms with Crippen LogP contribution >= 0.6 is 0 Å². The van der Waals surface area contributed by atoms with Gasteiger partial charge in [-0.3, -0.25) is 9.59 Å². The van der Waals surface area contributed by atoms with Crippen molar-refractivity contribution in [2.45, 2.75) is 117 Å². The molecule has 1 aliphatic rings. The van der Waals surface area contributed by atoms with Crippen LogP contribution in [-0.4, -0.2) is 46.5 Å². The van der Waals surface area contributed by atoms with Crippen molar-refractivity contribution in [1.29, 1.82) is 0 Å². The predicted octanol–water partition coefficient (Wildman–Crippen LogP) is 5.27. The summed E-state index contributed by atoms with van der Waals surface area (Å²) >= 11 is 0. The van der Waals surface area contributed by atoms with Gasteiger partial charge >= 0.3 is 6.09 Å². The zero-order valence-electron chi connectivity index (χ0n) is 22.8. The van der Waals surface area contributed by atoms with E-state index in [1.807, 2.05) is 52.0 Å². The molecule has 4 unspecified atom stereocenters. The van der Waals surface area contributed by atoms with Gasteiger partial charge in [0.2, 0.25) is 11.8 Å². The van der Waals surface area contributed by atoms with Gasteiger partial charge in [-0.05, 0) is 65.4 Å². The highest BCUT2D eigenvalue weighted by Gasteiger charge is 2.45. The van der Waals surface area contributed by atoms with Gasteiger partial charge in [-0.25, -0.2) is 4.79 Å². The van der Waals surface area contributed by atoms with Gasteiger partial charge in [0, 0.05) is 12.1 Å². The van der Waals surface area contributed by atoms with E-state index in [4.69, 9.17) is 4.74 Å². The Morgan fingerprint density at radius 2 is 1.66 bits per heavy atom. The summed E-state index contributed by atoms with van der Waals surface area (Å²) in [6.07, 6.45) is 3.56. The van der Waals surface area contributed by atoms with E-state index in [2.05, 4.69) is 17.6 Å². The molecule has 7 nitrogen and oxygen atoms in total. The van der Waals surface area contributed by atoms with Gasteiger partial charge in [0.25, 0.3) is 0 Å². The van der Waals surface area contributed by atoms with E-state index < -0.39 is 23.8 Å². The fourth-order valence-electron chi connectivity index (χ4n) is 4.16. The molecule has 1 aliphatic carbocycles. The van der Waals surface area contributed by atoms with Gasteiger partial charge in [-0.15, -0.1) is 0 Å². The zero-order chi connectivity index (χ0) is 26.3. The summed E-state index contributed by atoms with van der Waals surface area (Å²) in [5, 5.41) is 5.94. The summed E-state index contributed by atoms with van der Waals surface area (Å²) in [6.45, 7) is 15.4. The maximum Gasteiger partial charge on any atom is 0.408 e. The number of rotatable bonds is 11. The average molecular weight is 488 g/mol. The SMILES string of the molecule is CCCC(C)NC(=O)C(c1ccc(C)cc1)N(C(=O)C(NC(=O)OC(C)(C)C)C(C)CC)C1CC1. The first-order chi connectivity index (χ1) is 16.4. The van der Waals surface area contributed by atoms with Crippen molar-refractivity contribution < 1.29 is 19.1 Å². The fourth-order valence-corrected chi connectivity index (χ4v) is 4.16. The number of hydrogen-bond acceptors (Lipinski definition) is 4. The van der Waals surface area contributed by atoms with Gasteiger partial charge in [0.1, 0.15) is 17.7 Å². The van der Waals surface area contributed by atoms with Crippen molar-refractivity contribution in [3.8, 4) is 0 Å². The van der Waals surface area contributed by atoms with E-state index in [9.17, 15) is 14.4 Å². The summed E-state index contributed by atoms with van der Waals surface area (Å²) in [5.74, 6) is -0.552. The highest BCUT2D eigenvalue weighted by molar-refractivity contribution is 5.92. The fraction of sp³-hybridized carbons (Fsp3) is 0.679. The molecule has 4 atom stereocenters. The minimum absolute atomic E-state index is 0.00172. The summed E-state index contributed by atoms with van der Waals surface area (Å²) in [7, 11) is 0. The molecule has 35 heavy (non-hydrogen) atoms. The Morgan fingerprint density at radius 3 is 2.14 bits per heavy atom. The van der Waals surface area contributed by atoms with Gasteiger partial charge < -0.3 is 20.3 Å². The standard InChI is InChI=1S/C28H45N3O4/c1-9-11-20(5)29-25(32)24(21-14-12-18(3)13-15-21)31(22-16-17-22)26(33)23(19(4)10-2)30-27(34)35-28(6,7)8/h12-15,19-20,22-24H,9-11,16-17H2,1-8H3,(H,29,32)(H,30,34). The molecule has 1 aromatic rings. The Balaban J connectivity index is 2.44. The number of nitrogens with one attached hydrogen (secondary N) is 2. The minimum Gasteiger partial charge on any atom is -0.444 e. The number of benzene rings is 1. The number of alkyl carbamates (subject to hydrolysis) is 1. The van der Waals surface area contributed by atoms with Gasteiger partial charge in [-0.2, -0.15) is 0 Å². The molecule has 196 valence electrons. The molecule has 0 aromatic heterocycles. The second-order valence-corrected chi connectivity index (χ2v) is 11.0. The molecule has 0 radical (unpaired) electrons. The Bertz CT molecular complexity index is 858. The topological polar surface area (TPSA) is 87.7 Å². The van der Waals surface area contributed by atoms with Crippen molar-refractivity contribution in [3.05, 3.63) is 35.4 Å². The molecule has 3 amide bonds. The molecule has 0 aliphatic heterocycles. The van der Waals surface area contributed by atoms with Crippen LogP contribution in [0.2, 0.25) is 0 Å². The average Bonchev–Trinajstić information content (AvgIpc) is 3.59. The number of aryl methyl sites for hydroxylation is 1. The number of amides is 3. The Morgan fingerprint density at radius 1 is 1.06 bits per heavy atom. The first-order valence-corrected chi connectivity index (χ1v) is 13.1. The van der Waals surface area contributed by atoms with Crippen LogP contribution in [0, 0.1) is 12.8 Å². The quantitative estimate of drug-likeness (QED) is 0.445. The largest absolute Gasteiger partial charge is 0.444 e. The van der Waals surface area contributed by atoms with E-state index in [0.29, 0.717) is 6.42 Å². The zero-order valence-corrected chi connectivity index (χ0v) is 22.8. The molecule has 0 spiro atoms. The van der Waals surface area contributed by atoms with Crippen molar-refractivity contribution in [2.24, 2.45) is 5.92 Å². The molecule has 2 rings (SSSR count). The number of nitrogens with zero attached hydrogens (tertiary/aromatic N) is 1. The van der Waals surface area contributed by atoms with Crippen molar-refractivity contribution in [2.75, 3.05) is 0 Å². The lowest BCUT2D eigenvalue weighted by Crippen LogP contribution is -2.56. The summed E-state index contributed by atoms with van der Waals surface area (Å²) < 4.78 is 5.45. The monoisotopic (exact) mass is 487 g/mol. The van der Waals surface area contributed by atoms with E-state index in [1.165, 1.54) is 0 Å². The van der Waals surface area contributed by atoms with Crippen LogP contribution in [0.4, 0.5) is 4.79 Å². The van der Waals surface area contributed by atoms with E-state index >= 15 is 0 Å². The van der Waals surface area contributed by atoms with Crippen LogP contribution < -0.4 is 10.6 Å². The Hall–Kier alpha value is -2.57. The summed E-state index contributed by atoms with van der Waals surface area (Å²) in [5.41, 5.74) is 1.18. The van der Waals surface area contributed by atoms with Crippen LogP contribution in [-0.2, 0) is 14.3 Å². The third-order valence-electron chi connectivity index (χ3n) is 6.38. The molecule has 2 N–H and O–H groups in total. The molecule has 0 bridgehead atoms. The van der Waals surface area contributed by atoms with Gasteiger partial charge in [0.15, 0.2) is 0 Å². The van der Waals surface area contributed by atoms with Crippen LogP contribution in [0.1, 0.15) is 97.7 Å². The van der Waals surface area contributed by atoms with Crippen molar-refractivity contribution in [3.63, 3.8) is 0 Å². The molecular weight excluding hydrogens is 442 g/mol. The first-order valence-electron chi connectivity index (χ1n) is 13.1. The second-order valence-electron chi connectivity index (χ2n) is 11.0. The summed E-state index contributed by atoms with van der Waals surface area (Å²) in [6, 6.07) is 6.19. The molecular formula is C28H45N3O4. The number of carbonyl (C=O) groups is 3. The lowest BCUT2D eigenvalue weighted by atomic mass is 9.95. The van der Waals surface area contributed by atoms with Crippen LogP contribution in [0.15, 0.2) is 24.3 Å². The predicted molar refractivity (Wildman–Crippen MR) is 139 cm³/mol. The van der Waals surface area contributed by atoms with Crippen LogP contribution in [0.5, 0.6) is 0 Å². The Labute approximate surface area is 211 Å². The highest BCUT2D eigenvalue weighted by atomic mass is 16.6. The molecule has 7 heteroatoms.